The third-order valence-corrected chi connectivity index (χ3v) is 5.52. The van der Waals surface area contributed by atoms with Crippen LogP contribution in [0.1, 0.15) is 22.6 Å². The summed E-state index contributed by atoms with van der Waals surface area (Å²) < 4.78 is 8.60. The van der Waals surface area contributed by atoms with Crippen LogP contribution in [0.2, 0.25) is 5.02 Å². The predicted molar refractivity (Wildman–Crippen MR) is 116 cm³/mol. The number of hydrogen-bond acceptors (Lipinski definition) is 7. The Morgan fingerprint density at radius 3 is 2.67 bits per heavy atom. The van der Waals surface area contributed by atoms with Crippen LogP contribution in [0, 0.1) is 13.8 Å². The van der Waals surface area contributed by atoms with Crippen molar-refractivity contribution in [3.05, 3.63) is 80.6 Å². The zero-order valence-corrected chi connectivity index (χ0v) is 17.9. The summed E-state index contributed by atoms with van der Waals surface area (Å²) in [6.07, 6.45) is 1.54. The second-order valence-corrected chi connectivity index (χ2v) is 8.21. The molecule has 2 N–H and O–H groups in total. The third kappa shape index (κ3) is 4.42. The van der Waals surface area contributed by atoms with Gasteiger partial charge in [0.1, 0.15) is 18.0 Å². The number of nitrogen functional groups attached to an aromatic ring is 1. The number of benzene rings is 1. The number of rotatable bonds is 6. The SMILES string of the molecule is Cc1cc(C)cc(OCc2nnc(SCc3cc(=O)n4cc(Cl)ccc4n3)n2N)c1. The van der Waals surface area contributed by atoms with Gasteiger partial charge in [-0.1, -0.05) is 29.4 Å². The van der Waals surface area contributed by atoms with Crippen molar-refractivity contribution in [2.45, 2.75) is 31.4 Å². The summed E-state index contributed by atoms with van der Waals surface area (Å²) in [7, 11) is 0. The van der Waals surface area contributed by atoms with Crippen LogP contribution in [-0.2, 0) is 12.4 Å². The maximum absolute atomic E-state index is 12.3. The molecule has 3 heterocycles. The van der Waals surface area contributed by atoms with Crippen molar-refractivity contribution in [3.63, 3.8) is 0 Å². The van der Waals surface area contributed by atoms with Gasteiger partial charge in [-0.15, -0.1) is 10.2 Å². The Hall–Kier alpha value is -3.04. The van der Waals surface area contributed by atoms with Gasteiger partial charge in [0, 0.05) is 18.0 Å². The number of hydrogen-bond donors (Lipinski definition) is 1. The molecular formula is C20H19ClN6O2S. The second kappa shape index (κ2) is 8.37. The van der Waals surface area contributed by atoms with Gasteiger partial charge in [0.2, 0.25) is 5.16 Å². The Kier molecular flexibility index (Phi) is 5.65. The van der Waals surface area contributed by atoms with Gasteiger partial charge in [-0.3, -0.25) is 9.20 Å². The molecule has 0 aliphatic rings. The van der Waals surface area contributed by atoms with E-state index in [1.54, 1.807) is 18.3 Å². The molecule has 10 heteroatoms. The van der Waals surface area contributed by atoms with Crippen molar-refractivity contribution in [3.8, 4) is 5.75 Å². The topological polar surface area (TPSA) is 100 Å². The zero-order valence-electron chi connectivity index (χ0n) is 16.4. The minimum Gasteiger partial charge on any atom is -0.486 e. The van der Waals surface area contributed by atoms with Gasteiger partial charge < -0.3 is 10.6 Å². The number of ether oxygens (including phenoxy) is 1. The number of pyridine rings is 1. The largest absolute Gasteiger partial charge is 0.486 e. The highest BCUT2D eigenvalue weighted by Gasteiger charge is 2.12. The molecular weight excluding hydrogens is 424 g/mol. The lowest BCUT2D eigenvalue weighted by atomic mass is 10.1. The highest BCUT2D eigenvalue weighted by atomic mass is 35.5. The predicted octanol–water partition coefficient (Wildman–Crippen LogP) is 3.14. The first-order chi connectivity index (χ1) is 14.4. The Balaban J connectivity index is 1.45. The summed E-state index contributed by atoms with van der Waals surface area (Å²) >= 11 is 7.28. The van der Waals surface area contributed by atoms with Gasteiger partial charge in [0.15, 0.2) is 5.82 Å². The van der Waals surface area contributed by atoms with Crippen molar-refractivity contribution >= 4 is 29.0 Å². The molecule has 0 radical (unpaired) electrons. The summed E-state index contributed by atoms with van der Waals surface area (Å²) in [6, 6.07) is 10.9. The normalized spacial score (nSPS) is 11.2. The van der Waals surface area contributed by atoms with Gasteiger partial charge in [-0.05, 0) is 49.2 Å². The van der Waals surface area contributed by atoms with E-state index in [1.165, 1.54) is 26.9 Å². The quantitative estimate of drug-likeness (QED) is 0.361. The van der Waals surface area contributed by atoms with Crippen LogP contribution in [0.15, 0.2) is 52.5 Å². The number of fused-ring (bicyclic) bond motifs is 1. The monoisotopic (exact) mass is 442 g/mol. The molecule has 1 aromatic carbocycles. The van der Waals surface area contributed by atoms with E-state index in [0.717, 1.165) is 16.9 Å². The molecule has 0 aliphatic heterocycles. The lowest BCUT2D eigenvalue weighted by Gasteiger charge is -2.08. The number of halogens is 1. The number of thioether (sulfide) groups is 1. The molecule has 8 nitrogen and oxygen atoms in total. The number of nitrogens with zero attached hydrogens (tertiary/aromatic N) is 5. The van der Waals surface area contributed by atoms with Gasteiger partial charge in [-0.2, -0.15) is 0 Å². The molecule has 0 aliphatic carbocycles. The highest BCUT2D eigenvalue weighted by molar-refractivity contribution is 7.98. The molecule has 0 atom stereocenters. The summed E-state index contributed by atoms with van der Waals surface area (Å²) in [4.78, 5) is 16.8. The van der Waals surface area contributed by atoms with Crippen molar-refractivity contribution in [1.29, 1.82) is 0 Å². The van der Waals surface area contributed by atoms with E-state index < -0.39 is 0 Å². The molecule has 4 aromatic rings. The summed E-state index contributed by atoms with van der Waals surface area (Å²) in [6.45, 7) is 4.23. The number of nitrogens with two attached hydrogens (primary N) is 1. The van der Waals surface area contributed by atoms with Gasteiger partial charge >= 0.3 is 0 Å². The molecule has 0 fully saturated rings. The van der Waals surface area contributed by atoms with Crippen LogP contribution in [-0.4, -0.2) is 24.3 Å². The van der Waals surface area contributed by atoms with Crippen LogP contribution in [0.4, 0.5) is 0 Å². The van der Waals surface area contributed by atoms with E-state index in [1.807, 2.05) is 26.0 Å². The standard InChI is InChI=1S/C20H19ClN6O2S/c1-12-5-13(2)7-16(6-12)29-10-18-24-25-20(27(18)22)30-11-15-8-19(28)26-9-14(21)3-4-17(26)23-15/h3-9H,10-11,22H2,1-2H3. The summed E-state index contributed by atoms with van der Waals surface area (Å²) in [5.41, 5.74) is 3.19. The van der Waals surface area contributed by atoms with E-state index in [-0.39, 0.29) is 12.2 Å². The minimum absolute atomic E-state index is 0.198. The Labute approximate surface area is 181 Å². The van der Waals surface area contributed by atoms with Crippen LogP contribution >= 0.6 is 23.4 Å². The Bertz CT molecular complexity index is 1270. The van der Waals surface area contributed by atoms with Gasteiger partial charge in [-0.25, -0.2) is 9.66 Å². The smallest absolute Gasteiger partial charge is 0.258 e. The van der Waals surface area contributed by atoms with E-state index in [0.29, 0.717) is 33.1 Å². The van der Waals surface area contributed by atoms with E-state index >= 15 is 0 Å². The van der Waals surface area contributed by atoms with Crippen molar-refractivity contribution < 1.29 is 4.74 Å². The fraction of sp³-hybridized carbons (Fsp3) is 0.200. The van der Waals surface area contributed by atoms with E-state index in [9.17, 15) is 4.79 Å². The summed E-state index contributed by atoms with van der Waals surface area (Å²) in [5.74, 6) is 7.79. The first kappa shape index (κ1) is 20.2. The van der Waals surface area contributed by atoms with Crippen LogP contribution in [0.25, 0.3) is 5.65 Å². The summed E-state index contributed by atoms with van der Waals surface area (Å²) in [5, 5.41) is 9.20. The third-order valence-electron chi connectivity index (χ3n) is 4.32. The molecule has 0 spiro atoms. The van der Waals surface area contributed by atoms with Gasteiger partial charge in [0.25, 0.3) is 5.56 Å². The average Bonchev–Trinajstić information content (AvgIpc) is 3.04. The van der Waals surface area contributed by atoms with Crippen molar-refractivity contribution in [2.75, 3.05) is 5.84 Å². The molecule has 30 heavy (non-hydrogen) atoms. The Morgan fingerprint density at radius 1 is 1.13 bits per heavy atom. The molecule has 3 aromatic heterocycles. The number of aromatic nitrogens is 5. The van der Waals surface area contributed by atoms with Crippen LogP contribution < -0.4 is 16.1 Å². The van der Waals surface area contributed by atoms with Crippen LogP contribution in [0.3, 0.4) is 0 Å². The average molecular weight is 443 g/mol. The fourth-order valence-corrected chi connectivity index (χ4v) is 3.94. The maximum Gasteiger partial charge on any atom is 0.258 e. The second-order valence-electron chi connectivity index (χ2n) is 6.83. The molecule has 0 bridgehead atoms. The molecule has 0 saturated carbocycles. The first-order valence-corrected chi connectivity index (χ1v) is 10.5. The highest BCUT2D eigenvalue weighted by Crippen LogP contribution is 2.21. The Morgan fingerprint density at radius 2 is 1.90 bits per heavy atom. The lowest BCUT2D eigenvalue weighted by molar-refractivity contribution is 0.291. The molecule has 154 valence electrons. The molecule has 4 rings (SSSR count). The first-order valence-electron chi connectivity index (χ1n) is 9.10. The van der Waals surface area contributed by atoms with Gasteiger partial charge in [0.05, 0.1) is 10.7 Å². The van der Waals surface area contributed by atoms with E-state index in [4.69, 9.17) is 22.2 Å². The number of aryl methyl sites for hydroxylation is 2. The zero-order chi connectivity index (χ0) is 21.3. The minimum atomic E-state index is -0.199. The van der Waals surface area contributed by atoms with Crippen molar-refractivity contribution in [1.82, 2.24) is 24.3 Å². The fourth-order valence-electron chi connectivity index (χ4n) is 3.01. The maximum atomic E-state index is 12.3. The van der Waals surface area contributed by atoms with E-state index in [2.05, 4.69) is 21.2 Å². The molecule has 0 saturated heterocycles. The van der Waals surface area contributed by atoms with Crippen LogP contribution in [0.5, 0.6) is 5.75 Å². The molecule has 0 amide bonds. The lowest BCUT2D eigenvalue weighted by Crippen LogP contribution is -2.16. The van der Waals surface area contributed by atoms with Crippen molar-refractivity contribution in [2.24, 2.45) is 0 Å². The molecule has 0 unspecified atom stereocenters.